The van der Waals surface area contributed by atoms with E-state index >= 15 is 0 Å². The number of fused-ring (bicyclic) bond motifs is 1. The largest absolute Gasteiger partial charge is 0.483 e. The molecule has 0 bridgehead atoms. The second-order valence-corrected chi connectivity index (χ2v) is 5.84. The third-order valence-corrected chi connectivity index (χ3v) is 3.93. The first-order chi connectivity index (χ1) is 12.0. The highest BCUT2D eigenvalue weighted by molar-refractivity contribution is 5.98. The van der Waals surface area contributed by atoms with Crippen LogP contribution in [0.3, 0.4) is 0 Å². The van der Waals surface area contributed by atoms with E-state index in [2.05, 4.69) is 10.1 Å². The molecule has 1 aromatic carbocycles. The van der Waals surface area contributed by atoms with Gasteiger partial charge in [0, 0.05) is 18.8 Å². The normalized spacial score (nSPS) is 15.9. The van der Waals surface area contributed by atoms with Gasteiger partial charge in [-0.3, -0.25) is 9.59 Å². The van der Waals surface area contributed by atoms with Crippen LogP contribution in [0.1, 0.15) is 33.3 Å². The van der Waals surface area contributed by atoms with Gasteiger partial charge in [-0.15, -0.1) is 0 Å². The molecule has 3 rings (SSSR count). The Morgan fingerprint density at radius 2 is 2.00 bits per heavy atom. The lowest BCUT2D eigenvalue weighted by atomic mass is 10.1. The Balaban J connectivity index is 2.08. The average molecular weight is 342 g/mol. The number of pyridine rings is 1. The van der Waals surface area contributed by atoms with Crippen molar-refractivity contribution in [1.29, 1.82) is 0 Å². The average Bonchev–Trinajstić information content (AvgIpc) is 2.61. The Kier molecular flexibility index (Phi) is 4.56. The van der Waals surface area contributed by atoms with Crippen molar-refractivity contribution >= 4 is 11.9 Å². The summed E-state index contributed by atoms with van der Waals surface area (Å²) in [5, 5.41) is 2.77. The van der Waals surface area contributed by atoms with Gasteiger partial charge in [0.05, 0.1) is 7.11 Å². The van der Waals surface area contributed by atoms with Crippen molar-refractivity contribution in [3.63, 3.8) is 0 Å². The number of esters is 1. The summed E-state index contributed by atoms with van der Waals surface area (Å²) in [6.45, 7) is 2.37. The fourth-order valence-electron chi connectivity index (χ4n) is 2.77. The first-order valence-corrected chi connectivity index (χ1v) is 7.84. The first kappa shape index (κ1) is 16.8. The Labute approximate surface area is 144 Å². The second-order valence-electron chi connectivity index (χ2n) is 5.84. The highest BCUT2D eigenvalue weighted by atomic mass is 16.5. The van der Waals surface area contributed by atoms with Crippen LogP contribution in [0.4, 0.5) is 0 Å². The van der Waals surface area contributed by atoms with Crippen molar-refractivity contribution in [2.45, 2.75) is 26.1 Å². The SMILES string of the molecule is COC(=O)c1cn2c(c(OCc3ccccc3)c1=O)C(=O)N[C@H](C)C2. The van der Waals surface area contributed by atoms with E-state index in [0.717, 1.165) is 5.56 Å². The van der Waals surface area contributed by atoms with Gasteiger partial charge in [-0.2, -0.15) is 0 Å². The third-order valence-electron chi connectivity index (χ3n) is 3.93. The molecular formula is C18H18N2O5. The summed E-state index contributed by atoms with van der Waals surface area (Å²) < 4.78 is 11.9. The highest BCUT2D eigenvalue weighted by Gasteiger charge is 2.30. The van der Waals surface area contributed by atoms with E-state index in [1.165, 1.54) is 13.3 Å². The molecule has 1 aromatic heterocycles. The number of ether oxygens (including phenoxy) is 2. The predicted molar refractivity (Wildman–Crippen MR) is 89.7 cm³/mol. The van der Waals surface area contributed by atoms with Crippen molar-refractivity contribution < 1.29 is 19.1 Å². The van der Waals surface area contributed by atoms with Crippen molar-refractivity contribution in [2.75, 3.05) is 7.11 Å². The molecule has 0 saturated heterocycles. The predicted octanol–water partition coefficient (Wildman–Crippen LogP) is 1.35. The second kappa shape index (κ2) is 6.80. The number of carbonyl (C=O) groups excluding carboxylic acids is 2. The fraction of sp³-hybridized carbons (Fsp3) is 0.278. The van der Waals surface area contributed by atoms with Crippen molar-refractivity contribution in [3.8, 4) is 5.75 Å². The zero-order valence-corrected chi connectivity index (χ0v) is 13.9. The molecule has 7 heteroatoms. The van der Waals surface area contributed by atoms with Crippen LogP contribution in [0.15, 0.2) is 41.3 Å². The molecule has 0 unspecified atom stereocenters. The van der Waals surface area contributed by atoms with Crippen LogP contribution in [-0.4, -0.2) is 29.6 Å². The third kappa shape index (κ3) is 3.26. The van der Waals surface area contributed by atoms with E-state index in [1.807, 2.05) is 37.3 Å². The molecule has 1 amide bonds. The number of hydrogen-bond acceptors (Lipinski definition) is 5. The molecule has 2 aromatic rings. The minimum Gasteiger partial charge on any atom is -0.483 e. The summed E-state index contributed by atoms with van der Waals surface area (Å²) in [4.78, 5) is 37.0. The lowest BCUT2D eigenvalue weighted by Gasteiger charge is -2.26. The van der Waals surface area contributed by atoms with Crippen molar-refractivity contribution in [2.24, 2.45) is 0 Å². The van der Waals surface area contributed by atoms with Crippen molar-refractivity contribution in [3.05, 3.63) is 63.6 Å². The van der Waals surface area contributed by atoms with E-state index in [9.17, 15) is 14.4 Å². The van der Waals surface area contributed by atoms with E-state index in [0.29, 0.717) is 6.54 Å². The van der Waals surface area contributed by atoms with Crippen LogP contribution in [-0.2, 0) is 17.9 Å². The maximum atomic E-state index is 12.7. The lowest BCUT2D eigenvalue weighted by Crippen LogP contribution is -2.44. The van der Waals surface area contributed by atoms with E-state index in [1.54, 1.807) is 4.57 Å². The summed E-state index contributed by atoms with van der Waals surface area (Å²) in [6, 6.07) is 9.12. The summed E-state index contributed by atoms with van der Waals surface area (Å²) in [5.74, 6) is -1.31. The minimum absolute atomic E-state index is 0.108. The van der Waals surface area contributed by atoms with Crippen LogP contribution in [0.5, 0.6) is 5.75 Å². The van der Waals surface area contributed by atoms with Crippen LogP contribution in [0, 0.1) is 0 Å². The molecule has 0 aliphatic carbocycles. The van der Waals surface area contributed by atoms with Gasteiger partial charge in [0.25, 0.3) is 5.91 Å². The Morgan fingerprint density at radius 1 is 1.28 bits per heavy atom. The number of rotatable bonds is 4. The van der Waals surface area contributed by atoms with Crippen LogP contribution < -0.4 is 15.5 Å². The zero-order chi connectivity index (χ0) is 18.0. The Hall–Kier alpha value is -3.09. The maximum Gasteiger partial charge on any atom is 0.343 e. The standard InChI is InChI=1S/C18H18N2O5/c1-11-8-20-9-13(18(23)24-2)15(21)16(14(20)17(22)19-11)25-10-12-6-4-3-5-7-12/h3-7,9,11H,8,10H2,1-2H3,(H,19,22)/t11-/m1/s1. The summed E-state index contributed by atoms with van der Waals surface area (Å²) in [7, 11) is 1.20. The van der Waals surface area contributed by atoms with Crippen LogP contribution in [0.2, 0.25) is 0 Å². The smallest absolute Gasteiger partial charge is 0.343 e. The Bertz CT molecular complexity index is 873. The molecule has 7 nitrogen and oxygen atoms in total. The number of hydrogen-bond donors (Lipinski definition) is 1. The monoisotopic (exact) mass is 342 g/mol. The molecule has 1 aliphatic rings. The van der Waals surface area contributed by atoms with E-state index in [-0.39, 0.29) is 29.7 Å². The highest BCUT2D eigenvalue weighted by Crippen LogP contribution is 2.21. The van der Waals surface area contributed by atoms with Gasteiger partial charge in [0.15, 0.2) is 11.4 Å². The van der Waals surface area contributed by atoms with Gasteiger partial charge in [-0.05, 0) is 12.5 Å². The summed E-state index contributed by atoms with van der Waals surface area (Å²) >= 11 is 0. The van der Waals surface area contributed by atoms with Gasteiger partial charge in [-0.25, -0.2) is 4.79 Å². The molecule has 0 saturated carbocycles. The molecule has 1 N–H and O–H groups in total. The molecule has 0 spiro atoms. The lowest BCUT2D eigenvalue weighted by molar-refractivity contribution is 0.0595. The topological polar surface area (TPSA) is 86.6 Å². The molecule has 1 aliphatic heterocycles. The number of nitrogens with zero attached hydrogens (tertiary/aromatic N) is 1. The number of methoxy groups -OCH3 is 1. The number of nitrogens with one attached hydrogen (secondary N) is 1. The van der Waals surface area contributed by atoms with Gasteiger partial charge in [0.1, 0.15) is 12.2 Å². The van der Waals surface area contributed by atoms with Gasteiger partial charge >= 0.3 is 5.97 Å². The first-order valence-electron chi connectivity index (χ1n) is 7.84. The van der Waals surface area contributed by atoms with Crippen LogP contribution in [0.25, 0.3) is 0 Å². The molecule has 1 atom stereocenters. The van der Waals surface area contributed by atoms with Gasteiger partial charge < -0.3 is 19.4 Å². The zero-order valence-electron chi connectivity index (χ0n) is 13.9. The number of amides is 1. The molecule has 0 radical (unpaired) electrons. The Morgan fingerprint density at radius 3 is 2.68 bits per heavy atom. The quantitative estimate of drug-likeness (QED) is 0.848. The summed E-state index contributed by atoms with van der Waals surface area (Å²) in [6.07, 6.45) is 1.36. The van der Waals surface area contributed by atoms with Crippen molar-refractivity contribution in [1.82, 2.24) is 9.88 Å². The van der Waals surface area contributed by atoms with Gasteiger partial charge in [-0.1, -0.05) is 30.3 Å². The molecule has 2 heterocycles. The molecule has 25 heavy (non-hydrogen) atoms. The van der Waals surface area contributed by atoms with Crippen LogP contribution >= 0.6 is 0 Å². The number of aromatic nitrogens is 1. The van der Waals surface area contributed by atoms with Gasteiger partial charge in [0.2, 0.25) is 5.43 Å². The molecule has 0 fully saturated rings. The maximum absolute atomic E-state index is 12.7. The molecule has 130 valence electrons. The minimum atomic E-state index is -0.761. The van der Waals surface area contributed by atoms with E-state index in [4.69, 9.17) is 4.74 Å². The molecular weight excluding hydrogens is 324 g/mol. The number of benzene rings is 1. The summed E-state index contributed by atoms with van der Waals surface area (Å²) in [5.41, 5.74) is 0.148. The fourth-order valence-corrected chi connectivity index (χ4v) is 2.77. The number of carbonyl (C=O) groups is 2. The van der Waals surface area contributed by atoms with E-state index < -0.39 is 17.3 Å².